The molecule has 0 aromatic heterocycles. The van der Waals surface area contributed by atoms with E-state index >= 15 is 0 Å². The minimum Gasteiger partial charge on any atom is -0.469 e. The van der Waals surface area contributed by atoms with Gasteiger partial charge in [-0.25, -0.2) is 0 Å². The third kappa shape index (κ3) is 7.02. The van der Waals surface area contributed by atoms with Gasteiger partial charge in [0.1, 0.15) is 0 Å². The lowest BCUT2D eigenvalue weighted by Gasteiger charge is -2.38. The first kappa shape index (κ1) is 22.6. The molecule has 0 amide bonds. The van der Waals surface area contributed by atoms with E-state index in [2.05, 4.69) is 29.0 Å². The summed E-state index contributed by atoms with van der Waals surface area (Å²) in [7, 11) is 4.81. The standard InChI is InChI=1S/C12H16O2.C8H18O2/c1-9-4-6-11(7-5-9)8-10(2)12(13)14-3;1-7(2,9-5)8(3,4)10-6/h4-7,10H,8H2,1-3H3;1-6H3. The lowest BCUT2D eigenvalue weighted by molar-refractivity contribution is -0.147. The molecule has 1 rings (SSSR count). The van der Waals surface area contributed by atoms with Crippen LogP contribution >= 0.6 is 0 Å². The van der Waals surface area contributed by atoms with Crippen LogP contribution in [0.15, 0.2) is 24.3 Å². The molecule has 0 aliphatic heterocycles. The number of carbonyl (C=O) groups is 1. The molecule has 1 atom stereocenters. The monoisotopic (exact) mass is 338 g/mol. The largest absolute Gasteiger partial charge is 0.469 e. The first-order chi connectivity index (χ1) is 11.0. The Morgan fingerprint density at radius 1 is 0.958 bits per heavy atom. The van der Waals surface area contributed by atoms with Crippen LogP contribution in [-0.2, 0) is 25.4 Å². The van der Waals surface area contributed by atoms with Gasteiger partial charge in [-0.15, -0.1) is 0 Å². The Kier molecular flexibility index (Phi) is 9.23. The summed E-state index contributed by atoms with van der Waals surface area (Å²) in [6, 6.07) is 8.21. The highest BCUT2D eigenvalue weighted by Gasteiger charge is 2.36. The highest BCUT2D eigenvalue weighted by molar-refractivity contribution is 5.72. The number of hydrogen-bond donors (Lipinski definition) is 0. The first-order valence-corrected chi connectivity index (χ1v) is 8.24. The summed E-state index contributed by atoms with van der Waals surface area (Å²) in [6.45, 7) is 12.0. The fraction of sp³-hybridized carbons (Fsp3) is 0.650. The number of carbonyl (C=O) groups excluding carboxylic acids is 1. The Morgan fingerprint density at radius 2 is 1.38 bits per heavy atom. The van der Waals surface area contributed by atoms with Crippen molar-refractivity contribution in [3.8, 4) is 0 Å². The van der Waals surface area contributed by atoms with Gasteiger partial charge in [-0.05, 0) is 46.6 Å². The fourth-order valence-electron chi connectivity index (χ4n) is 1.85. The van der Waals surface area contributed by atoms with Crippen molar-refractivity contribution in [1.82, 2.24) is 0 Å². The Hall–Kier alpha value is -1.39. The minimum absolute atomic E-state index is 0.0669. The lowest BCUT2D eigenvalue weighted by Crippen LogP contribution is -2.48. The molecule has 0 aliphatic carbocycles. The predicted molar refractivity (Wildman–Crippen MR) is 98.2 cm³/mol. The van der Waals surface area contributed by atoms with E-state index < -0.39 is 0 Å². The predicted octanol–water partition coefficient (Wildman–Crippen LogP) is 4.18. The van der Waals surface area contributed by atoms with Gasteiger partial charge in [0.2, 0.25) is 0 Å². The molecule has 0 bridgehead atoms. The molecule has 0 heterocycles. The van der Waals surface area contributed by atoms with Crippen molar-refractivity contribution in [3.05, 3.63) is 35.4 Å². The van der Waals surface area contributed by atoms with Gasteiger partial charge in [0.15, 0.2) is 0 Å². The zero-order valence-electron chi connectivity index (χ0n) is 16.7. The first-order valence-electron chi connectivity index (χ1n) is 8.24. The summed E-state index contributed by atoms with van der Waals surface area (Å²) in [6.07, 6.45) is 0.743. The van der Waals surface area contributed by atoms with E-state index in [-0.39, 0.29) is 23.1 Å². The molecule has 0 radical (unpaired) electrons. The van der Waals surface area contributed by atoms with Crippen molar-refractivity contribution in [3.63, 3.8) is 0 Å². The van der Waals surface area contributed by atoms with E-state index in [4.69, 9.17) is 9.47 Å². The van der Waals surface area contributed by atoms with Crippen LogP contribution in [0.3, 0.4) is 0 Å². The number of benzene rings is 1. The van der Waals surface area contributed by atoms with Gasteiger partial charge in [0.25, 0.3) is 0 Å². The van der Waals surface area contributed by atoms with E-state index in [1.807, 2.05) is 41.5 Å². The van der Waals surface area contributed by atoms with E-state index in [0.717, 1.165) is 6.42 Å². The van der Waals surface area contributed by atoms with Gasteiger partial charge < -0.3 is 14.2 Å². The van der Waals surface area contributed by atoms with Crippen LogP contribution in [0.25, 0.3) is 0 Å². The van der Waals surface area contributed by atoms with Crippen LogP contribution in [0.1, 0.15) is 45.7 Å². The summed E-state index contributed by atoms with van der Waals surface area (Å²) in [4.78, 5) is 11.2. The topological polar surface area (TPSA) is 44.8 Å². The number of hydrogen-bond acceptors (Lipinski definition) is 4. The second-order valence-corrected chi connectivity index (χ2v) is 7.04. The lowest BCUT2D eigenvalue weighted by atomic mass is 9.89. The molecule has 1 aromatic rings. The van der Waals surface area contributed by atoms with Crippen LogP contribution < -0.4 is 0 Å². The summed E-state index contributed by atoms with van der Waals surface area (Å²) in [5.74, 6) is -0.215. The highest BCUT2D eigenvalue weighted by atomic mass is 16.5. The second kappa shape index (κ2) is 9.80. The van der Waals surface area contributed by atoms with Crippen LogP contribution in [0, 0.1) is 12.8 Å². The molecule has 0 spiro atoms. The summed E-state index contributed by atoms with van der Waals surface area (Å²) in [5, 5.41) is 0. The van der Waals surface area contributed by atoms with Crippen molar-refractivity contribution < 1.29 is 19.0 Å². The van der Waals surface area contributed by atoms with Gasteiger partial charge in [0.05, 0.1) is 24.2 Å². The molecule has 0 fully saturated rings. The smallest absolute Gasteiger partial charge is 0.308 e. The van der Waals surface area contributed by atoms with Gasteiger partial charge in [0, 0.05) is 14.2 Å². The van der Waals surface area contributed by atoms with Crippen molar-refractivity contribution >= 4 is 5.97 Å². The zero-order chi connectivity index (χ0) is 19.0. The number of esters is 1. The molecule has 0 N–H and O–H groups in total. The Balaban J connectivity index is 0.000000470. The van der Waals surface area contributed by atoms with Gasteiger partial charge >= 0.3 is 5.97 Å². The Bertz CT molecular complexity index is 475. The maximum atomic E-state index is 11.2. The molecule has 1 aromatic carbocycles. The minimum atomic E-state index is -0.234. The second-order valence-electron chi connectivity index (χ2n) is 7.04. The van der Waals surface area contributed by atoms with Crippen LogP contribution in [-0.4, -0.2) is 38.5 Å². The van der Waals surface area contributed by atoms with Gasteiger partial charge in [-0.1, -0.05) is 36.8 Å². The van der Waals surface area contributed by atoms with Gasteiger partial charge in [-0.3, -0.25) is 4.79 Å². The Labute approximate surface area is 147 Å². The van der Waals surface area contributed by atoms with Crippen LogP contribution in [0.2, 0.25) is 0 Å². The maximum absolute atomic E-state index is 11.2. The Morgan fingerprint density at radius 3 is 1.71 bits per heavy atom. The van der Waals surface area contributed by atoms with Crippen molar-refractivity contribution in [2.24, 2.45) is 5.92 Å². The number of rotatable bonds is 6. The van der Waals surface area contributed by atoms with Gasteiger partial charge in [-0.2, -0.15) is 0 Å². The van der Waals surface area contributed by atoms with Crippen molar-refractivity contribution in [2.75, 3.05) is 21.3 Å². The highest BCUT2D eigenvalue weighted by Crippen LogP contribution is 2.27. The maximum Gasteiger partial charge on any atom is 0.308 e. The average Bonchev–Trinajstić information content (AvgIpc) is 2.56. The fourth-order valence-corrected chi connectivity index (χ4v) is 1.85. The molecular weight excluding hydrogens is 304 g/mol. The van der Waals surface area contributed by atoms with Crippen LogP contribution in [0.4, 0.5) is 0 Å². The number of ether oxygens (including phenoxy) is 3. The molecule has 138 valence electrons. The molecule has 0 saturated carbocycles. The molecule has 4 nitrogen and oxygen atoms in total. The van der Waals surface area contributed by atoms with E-state index in [9.17, 15) is 4.79 Å². The van der Waals surface area contributed by atoms with Crippen molar-refractivity contribution in [2.45, 2.75) is 59.2 Å². The van der Waals surface area contributed by atoms with E-state index in [1.54, 1.807) is 14.2 Å². The SMILES string of the molecule is COC(=O)C(C)Cc1ccc(C)cc1.COC(C)(C)C(C)(C)OC. The zero-order valence-corrected chi connectivity index (χ0v) is 16.7. The summed E-state index contributed by atoms with van der Waals surface area (Å²) in [5.41, 5.74) is 1.94. The molecule has 0 aliphatic rings. The molecular formula is C20H34O4. The third-order valence-corrected chi connectivity index (χ3v) is 4.74. The number of aryl methyl sites for hydroxylation is 1. The average molecular weight is 338 g/mol. The molecule has 0 saturated heterocycles. The summed E-state index contributed by atoms with van der Waals surface area (Å²) >= 11 is 0. The van der Waals surface area contributed by atoms with Crippen LogP contribution in [0.5, 0.6) is 0 Å². The third-order valence-electron chi connectivity index (χ3n) is 4.74. The quantitative estimate of drug-likeness (QED) is 0.730. The van der Waals surface area contributed by atoms with E-state index in [0.29, 0.717) is 0 Å². The van der Waals surface area contributed by atoms with Crippen molar-refractivity contribution in [1.29, 1.82) is 0 Å². The molecule has 1 unspecified atom stereocenters. The summed E-state index contributed by atoms with van der Waals surface area (Å²) < 4.78 is 15.2. The number of methoxy groups -OCH3 is 3. The molecule has 24 heavy (non-hydrogen) atoms. The van der Waals surface area contributed by atoms with E-state index in [1.165, 1.54) is 18.2 Å². The molecule has 4 heteroatoms. The normalized spacial score (nSPS) is 12.9.